The Labute approximate surface area is 114 Å². The molecular weight excluding hydrogens is 266 g/mol. The minimum Gasteiger partial charge on any atom is -0.398 e. The van der Waals surface area contributed by atoms with Crippen LogP contribution in [0, 0.1) is 0 Å². The summed E-state index contributed by atoms with van der Waals surface area (Å²) < 4.78 is 30.5. The van der Waals surface area contributed by atoms with Gasteiger partial charge in [-0.05, 0) is 38.1 Å². The molecule has 0 spiro atoms. The first-order valence-corrected chi connectivity index (χ1v) is 7.55. The van der Waals surface area contributed by atoms with E-state index in [2.05, 4.69) is 10.0 Å². The molecule has 0 unspecified atom stereocenters. The minimum absolute atomic E-state index is 0.0972. The number of nitrogens with one attached hydrogen (secondary N) is 2. The molecule has 0 radical (unpaired) electrons. The van der Waals surface area contributed by atoms with Crippen LogP contribution in [0.15, 0.2) is 23.1 Å². The van der Waals surface area contributed by atoms with E-state index in [0.717, 1.165) is 31.7 Å². The van der Waals surface area contributed by atoms with Crippen LogP contribution in [0.25, 0.3) is 0 Å². The summed E-state index contributed by atoms with van der Waals surface area (Å²) in [4.78, 5) is 0.0972. The molecule has 0 heterocycles. The van der Waals surface area contributed by atoms with E-state index >= 15 is 0 Å². The van der Waals surface area contributed by atoms with Crippen LogP contribution in [0.4, 0.5) is 11.4 Å². The Balaban J connectivity index is 2.62. The van der Waals surface area contributed by atoms with Crippen molar-refractivity contribution >= 4 is 21.4 Å². The molecule has 108 valence electrons. The molecule has 0 fully saturated rings. The normalized spacial score (nSPS) is 11.5. The molecule has 0 bridgehead atoms. The van der Waals surface area contributed by atoms with Gasteiger partial charge in [0.15, 0.2) is 0 Å². The number of benzene rings is 1. The standard InChI is InChI=1S/C12H21N3O3S/c1-14-19(16,17)12-6-5-10(9-11(12)13)15-7-3-4-8-18-2/h5-6,9,14-15H,3-4,7-8,13H2,1-2H3. The molecule has 0 atom stereocenters. The lowest BCUT2D eigenvalue weighted by Crippen LogP contribution is -2.20. The molecule has 6 nitrogen and oxygen atoms in total. The summed E-state index contributed by atoms with van der Waals surface area (Å²) in [6.45, 7) is 1.53. The maximum Gasteiger partial charge on any atom is 0.242 e. The molecule has 0 aromatic heterocycles. The number of unbranched alkanes of at least 4 members (excludes halogenated alkanes) is 1. The van der Waals surface area contributed by atoms with E-state index in [1.807, 2.05) is 0 Å². The summed E-state index contributed by atoms with van der Waals surface area (Å²) in [6, 6.07) is 4.83. The Morgan fingerprint density at radius 1 is 1.32 bits per heavy atom. The smallest absolute Gasteiger partial charge is 0.242 e. The lowest BCUT2D eigenvalue weighted by molar-refractivity contribution is 0.194. The predicted molar refractivity (Wildman–Crippen MR) is 76.7 cm³/mol. The number of nitrogen functional groups attached to an aromatic ring is 1. The topological polar surface area (TPSA) is 93.5 Å². The molecule has 0 aliphatic rings. The van der Waals surface area contributed by atoms with Crippen LogP contribution in [0.1, 0.15) is 12.8 Å². The minimum atomic E-state index is -3.50. The number of hydrogen-bond acceptors (Lipinski definition) is 5. The first-order chi connectivity index (χ1) is 9.01. The number of anilines is 2. The zero-order chi connectivity index (χ0) is 14.3. The van der Waals surface area contributed by atoms with Crippen LogP contribution in [-0.4, -0.2) is 35.7 Å². The molecule has 1 rings (SSSR count). The average Bonchev–Trinajstić information content (AvgIpc) is 2.38. The van der Waals surface area contributed by atoms with Crippen LogP contribution in [-0.2, 0) is 14.8 Å². The fraction of sp³-hybridized carbons (Fsp3) is 0.500. The van der Waals surface area contributed by atoms with Gasteiger partial charge in [0.2, 0.25) is 10.0 Å². The van der Waals surface area contributed by atoms with E-state index in [0.29, 0.717) is 0 Å². The Bertz CT molecular complexity index is 503. The number of hydrogen-bond donors (Lipinski definition) is 3. The molecule has 7 heteroatoms. The van der Waals surface area contributed by atoms with Gasteiger partial charge in [0, 0.05) is 25.9 Å². The third-order valence-electron chi connectivity index (χ3n) is 2.67. The number of nitrogens with two attached hydrogens (primary N) is 1. The third-order valence-corrected chi connectivity index (χ3v) is 4.16. The van der Waals surface area contributed by atoms with Crippen molar-refractivity contribution in [3.05, 3.63) is 18.2 Å². The zero-order valence-corrected chi connectivity index (χ0v) is 12.1. The van der Waals surface area contributed by atoms with Crippen molar-refractivity contribution < 1.29 is 13.2 Å². The monoisotopic (exact) mass is 287 g/mol. The number of methoxy groups -OCH3 is 1. The van der Waals surface area contributed by atoms with Gasteiger partial charge in [0.1, 0.15) is 4.90 Å². The summed E-state index contributed by atoms with van der Waals surface area (Å²) in [6.07, 6.45) is 1.95. The highest BCUT2D eigenvalue weighted by Crippen LogP contribution is 2.22. The largest absolute Gasteiger partial charge is 0.398 e. The van der Waals surface area contributed by atoms with Crippen molar-refractivity contribution in [1.29, 1.82) is 0 Å². The van der Waals surface area contributed by atoms with Gasteiger partial charge < -0.3 is 15.8 Å². The average molecular weight is 287 g/mol. The molecular formula is C12H21N3O3S. The molecule has 19 heavy (non-hydrogen) atoms. The van der Waals surface area contributed by atoms with Gasteiger partial charge in [-0.3, -0.25) is 0 Å². The second-order valence-corrected chi connectivity index (χ2v) is 5.94. The second-order valence-electron chi connectivity index (χ2n) is 4.09. The first kappa shape index (κ1) is 15.7. The van der Waals surface area contributed by atoms with E-state index in [1.54, 1.807) is 19.2 Å². The van der Waals surface area contributed by atoms with Gasteiger partial charge in [-0.15, -0.1) is 0 Å². The zero-order valence-electron chi connectivity index (χ0n) is 11.3. The second kappa shape index (κ2) is 7.32. The van der Waals surface area contributed by atoms with Gasteiger partial charge in [0.05, 0.1) is 5.69 Å². The molecule has 0 saturated heterocycles. The SMILES string of the molecule is CNS(=O)(=O)c1ccc(NCCCCOC)cc1N. The van der Waals surface area contributed by atoms with Crippen molar-refractivity contribution in [3.8, 4) is 0 Å². The fourth-order valence-electron chi connectivity index (χ4n) is 1.62. The maximum absolute atomic E-state index is 11.6. The Kier molecular flexibility index (Phi) is 6.07. The highest BCUT2D eigenvalue weighted by molar-refractivity contribution is 7.89. The van der Waals surface area contributed by atoms with E-state index in [4.69, 9.17) is 10.5 Å². The van der Waals surface area contributed by atoms with Gasteiger partial charge in [0.25, 0.3) is 0 Å². The fourth-order valence-corrected chi connectivity index (χ4v) is 2.45. The summed E-state index contributed by atoms with van der Waals surface area (Å²) in [5, 5.41) is 3.19. The number of ether oxygens (including phenoxy) is 1. The van der Waals surface area contributed by atoms with Crippen molar-refractivity contribution in [3.63, 3.8) is 0 Å². The van der Waals surface area contributed by atoms with Gasteiger partial charge in [-0.2, -0.15) is 0 Å². The van der Waals surface area contributed by atoms with Crippen LogP contribution >= 0.6 is 0 Å². The molecule has 0 aliphatic heterocycles. The summed E-state index contributed by atoms with van der Waals surface area (Å²) in [5.41, 5.74) is 6.80. The quantitative estimate of drug-likeness (QED) is 0.490. The van der Waals surface area contributed by atoms with E-state index in [9.17, 15) is 8.42 Å². The van der Waals surface area contributed by atoms with E-state index in [-0.39, 0.29) is 10.6 Å². The lowest BCUT2D eigenvalue weighted by Gasteiger charge is -2.10. The predicted octanol–water partition coefficient (Wildman–Crippen LogP) is 1.02. The van der Waals surface area contributed by atoms with Gasteiger partial charge >= 0.3 is 0 Å². The van der Waals surface area contributed by atoms with Crippen LogP contribution in [0.5, 0.6) is 0 Å². The molecule has 1 aromatic rings. The van der Waals surface area contributed by atoms with Crippen LogP contribution in [0.3, 0.4) is 0 Å². The molecule has 1 aromatic carbocycles. The highest BCUT2D eigenvalue weighted by Gasteiger charge is 2.14. The van der Waals surface area contributed by atoms with E-state index in [1.165, 1.54) is 13.1 Å². The Morgan fingerprint density at radius 2 is 2.05 bits per heavy atom. The summed E-state index contributed by atoms with van der Waals surface area (Å²) in [5.74, 6) is 0. The molecule has 0 aliphatic carbocycles. The lowest BCUT2D eigenvalue weighted by atomic mass is 10.2. The van der Waals surface area contributed by atoms with E-state index < -0.39 is 10.0 Å². The summed E-state index contributed by atoms with van der Waals surface area (Å²) >= 11 is 0. The molecule has 0 amide bonds. The molecule has 0 saturated carbocycles. The van der Waals surface area contributed by atoms with Crippen molar-refractivity contribution in [2.45, 2.75) is 17.7 Å². The van der Waals surface area contributed by atoms with Crippen LogP contribution < -0.4 is 15.8 Å². The van der Waals surface area contributed by atoms with Gasteiger partial charge in [-0.25, -0.2) is 13.1 Å². The number of rotatable bonds is 8. The van der Waals surface area contributed by atoms with Crippen molar-refractivity contribution in [2.24, 2.45) is 0 Å². The highest BCUT2D eigenvalue weighted by atomic mass is 32.2. The first-order valence-electron chi connectivity index (χ1n) is 6.07. The number of sulfonamides is 1. The van der Waals surface area contributed by atoms with Crippen LogP contribution in [0.2, 0.25) is 0 Å². The maximum atomic E-state index is 11.6. The Hall–Kier alpha value is -1.31. The van der Waals surface area contributed by atoms with Gasteiger partial charge in [-0.1, -0.05) is 0 Å². The van der Waals surface area contributed by atoms with Crippen molar-refractivity contribution in [2.75, 3.05) is 38.4 Å². The third kappa shape index (κ3) is 4.70. The van der Waals surface area contributed by atoms with Crippen molar-refractivity contribution in [1.82, 2.24) is 4.72 Å². The Morgan fingerprint density at radius 3 is 2.63 bits per heavy atom. The summed E-state index contributed by atoms with van der Waals surface area (Å²) in [7, 11) is -0.464. The molecule has 4 N–H and O–H groups in total.